The highest BCUT2D eigenvalue weighted by Gasteiger charge is 2.51. The average molecular weight is 699 g/mol. The fourth-order valence-electron chi connectivity index (χ4n) is 6.44. The van der Waals surface area contributed by atoms with Crippen LogP contribution < -0.4 is 25.5 Å². The third-order valence-electron chi connectivity index (χ3n) is 9.34. The van der Waals surface area contributed by atoms with Crippen LogP contribution in [0.4, 0.5) is 4.39 Å². The van der Waals surface area contributed by atoms with E-state index < -0.39 is 47.2 Å². The lowest BCUT2D eigenvalue weighted by Crippen LogP contribution is -2.50. The molecule has 1 aliphatic rings. The molecule has 0 spiro atoms. The van der Waals surface area contributed by atoms with Crippen LogP contribution in [0.2, 0.25) is 0 Å². The topological polar surface area (TPSA) is 131 Å². The van der Waals surface area contributed by atoms with Crippen molar-refractivity contribution < 1.29 is 38.3 Å². The lowest BCUT2D eigenvalue weighted by molar-refractivity contribution is -0.178. The van der Waals surface area contributed by atoms with Crippen LogP contribution >= 0.6 is 0 Å². The van der Waals surface area contributed by atoms with E-state index in [9.17, 15) is 19.8 Å². The Labute approximate surface area is 293 Å². The van der Waals surface area contributed by atoms with Crippen LogP contribution in [0.25, 0.3) is 0 Å². The number of methoxy groups -OCH3 is 3. The van der Waals surface area contributed by atoms with Crippen LogP contribution in [-0.4, -0.2) is 65.6 Å². The number of aromatic nitrogens is 2. The van der Waals surface area contributed by atoms with Crippen LogP contribution in [-0.2, 0) is 21.6 Å². The van der Waals surface area contributed by atoms with E-state index in [1.165, 1.54) is 7.11 Å². The first-order chi connectivity index (χ1) is 24.7. The number of ether oxygens (including phenoxy) is 5. The van der Waals surface area contributed by atoms with Crippen LogP contribution in [0.3, 0.4) is 0 Å². The van der Waals surface area contributed by atoms with Gasteiger partial charge in [0.25, 0.3) is 5.56 Å². The molecule has 1 aliphatic heterocycles. The SMILES string of the molecule is COc1ccc(Cn2c(=O)c(F)cn([C@H]3C[C@H](O)[C@](CO)(COC(c4ccccc4)(c4ccc(OC)cc4)c4ccc(OC)cc4)O3)c2=O)cc1. The molecule has 0 radical (unpaired) electrons. The molecule has 4 aromatic carbocycles. The van der Waals surface area contributed by atoms with Crippen LogP contribution in [0, 0.1) is 5.82 Å². The summed E-state index contributed by atoms with van der Waals surface area (Å²) in [5.41, 5.74) is -2.29. The van der Waals surface area contributed by atoms with Gasteiger partial charge in [-0.1, -0.05) is 66.7 Å². The highest BCUT2D eigenvalue weighted by atomic mass is 19.1. The molecule has 0 saturated carbocycles. The van der Waals surface area contributed by atoms with E-state index in [0.29, 0.717) is 33.9 Å². The first-order valence-electron chi connectivity index (χ1n) is 16.3. The molecular formula is C39H39FN2O9. The first kappa shape index (κ1) is 35.6. The zero-order valence-corrected chi connectivity index (χ0v) is 28.4. The monoisotopic (exact) mass is 698 g/mol. The van der Waals surface area contributed by atoms with E-state index in [4.69, 9.17) is 23.7 Å². The molecule has 5 aromatic rings. The van der Waals surface area contributed by atoms with Gasteiger partial charge < -0.3 is 33.9 Å². The van der Waals surface area contributed by atoms with Crippen molar-refractivity contribution >= 4 is 0 Å². The van der Waals surface area contributed by atoms with Crippen molar-refractivity contribution in [1.82, 2.24) is 9.13 Å². The fourth-order valence-corrected chi connectivity index (χ4v) is 6.44. The number of benzene rings is 4. The molecule has 1 fully saturated rings. The van der Waals surface area contributed by atoms with Gasteiger partial charge in [0.1, 0.15) is 34.7 Å². The summed E-state index contributed by atoms with van der Waals surface area (Å²) in [5.74, 6) is 0.659. The molecule has 1 aromatic heterocycles. The molecule has 266 valence electrons. The largest absolute Gasteiger partial charge is 0.497 e. The predicted molar refractivity (Wildman–Crippen MR) is 186 cm³/mol. The molecule has 0 aliphatic carbocycles. The van der Waals surface area contributed by atoms with Gasteiger partial charge in [-0.15, -0.1) is 0 Å². The van der Waals surface area contributed by atoms with Crippen molar-refractivity contribution in [3.05, 3.63) is 158 Å². The number of aliphatic hydroxyl groups excluding tert-OH is 2. The Balaban J connectivity index is 1.38. The van der Waals surface area contributed by atoms with Crippen molar-refractivity contribution in [3.63, 3.8) is 0 Å². The Morgan fingerprint density at radius 2 is 1.31 bits per heavy atom. The molecular weight excluding hydrogens is 659 g/mol. The van der Waals surface area contributed by atoms with E-state index in [1.54, 1.807) is 62.8 Å². The first-order valence-corrected chi connectivity index (χ1v) is 16.3. The molecule has 11 nitrogen and oxygen atoms in total. The molecule has 0 amide bonds. The summed E-state index contributed by atoms with van der Waals surface area (Å²) >= 11 is 0. The number of aliphatic hydroxyl groups is 2. The normalized spacial score (nSPS) is 18.8. The Morgan fingerprint density at radius 1 is 0.804 bits per heavy atom. The number of hydrogen-bond donors (Lipinski definition) is 2. The maximum absolute atomic E-state index is 15.1. The molecule has 51 heavy (non-hydrogen) atoms. The summed E-state index contributed by atoms with van der Waals surface area (Å²) < 4.78 is 46.0. The van der Waals surface area contributed by atoms with Crippen molar-refractivity contribution in [2.75, 3.05) is 34.5 Å². The number of rotatable bonds is 13. The molecule has 0 unspecified atom stereocenters. The highest BCUT2D eigenvalue weighted by Crippen LogP contribution is 2.44. The van der Waals surface area contributed by atoms with Crippen LogP contribution in [0.15, 0.2) is 119 Å². The second-order valence-electron chi connectivity index (χ2n) is 12.2. The zero-order valence-electron chi connectivity index (χ0n) is 28.4. The lowest BCUT2D eigenvalue weighted by atomic mass is 9.79. The molecule has 2 heterocycles. The molecule has 0 bridgehead atoms. The van der Waals surface area contributed by atoms with E-state index >= 15 is 4.39 Å². The van der Waals surface area contributed by atoms with E-state index in [2.05, 4.69) is 0 Å². The summed E-state index contributed by atoms with van der Waals surface area (Å²) in [7, 11) is 4.65. The minimum absolute atomic E-state index is 0.201. The van der Waals surface area contributed by atoms with Gasteiger partial charge in [-0.3, -0.25) is 13.9 Å². The molecule has 2 N–H and O–H groups in total. The molecule has 12 heteroatoms. The van der Waals surface area contributed by atoms with Crippen molar-refractivity contribution in [3.8, 4) is 17.2 Å². The minimum Gasteiger partial charge on any atom is -0.497 e. The summed E-state index contributed by atoms with van der Waals surface area (Å²) in [5, 5.41) is 22.3. The van der Waals surface area contributed by atoms with Crippen molar-refractivity contribution in [2.24, 2.45) is 0 Å². The second-order valence-corrected chi connectivity index (χ2v) is 12.2. The second kappa shape index (κ2) is 14.9. The Morgan fingerprint density at radius 3 is 1.82 bits per heavy atom. The van der Waals surface area contributed by atoms with Crippen LogP contribution in [0.1, 0.15) is 34.9 Å². The Hall–Kier alpha value is -5.27. The van der Waals surface area contributed by atoms with Gasteiger partial charge in [0, 0.05) is 6.42 Å². The van der Waals surface area contributed by atoms with E-state index in [-0.39, 0.29) is 19.6 Å². The maximum atomic E-state index is 15.1. The molecule has 1 saturated heterocycles. The van der Waals surface area contributed by atoms with Gasteiger partial charge in [-0.25, -0.2) is 4.79 Å². The summed E-state index contributed by atoms with van der Waals surface area (Å²) in [6, 6.07) is 30.8. The van der Waals surface area contributed by atoms with Gasteiger partial charge in [0.2, 0.25) is 5.82 Å². The van der Waals surface area contributed by atoms with Crippen molar-refractivity contribution in [2.45, 2.75) is 36.5 Å². The Bertz CT molecular complexity index is 2000. The van der Waals surface area contributed by atoms with E-state index in [0.717, 1.165) is 20.9 Å². The number of hydrogen-bond acceptors (Lipinski definition) is 9. The smallest absolute Gasteiger partial charge is 0.333 e. The molecule has 6 rings (SSSR count). The van der Waals surface area contributed by atoms with Crippen molar-refractivity contribution in [1.29, 1.82) is 0 Å². The van der Waals surface area contributed by atoms with Gasteiger partial charge in [-0.2, -0.15) is 4.39 Å². The Kier molecular flexibility index (Phi) is 10.4. The zero-order chi connectivity index (χ0) is 36.2. The summed E-state index contributed by atoms with van der Waals surface area (Å²) in [6.07, 6.45) is -2.03. The van der Waals surface area contributed by atoms with E-state index in [1.807, 2.05) is 54.6 Å². The minimum atomic E-state index is -1.75. The highest BCUT2D eigenvalue weighted by molar-refractivity contribution is 5.49. The summed E-state index contributed by atoms with van der Waals surface area (Å²) in [6.45, 7) is -1.29. The average Bonchev–Trinajstić information content (AvgIpc) is 3.51. The summed E-state index contributed by atoms with van der Waals surface area (Å²) in [4.78, 5) is 26.5. The van der Waals surface area contributed by atoms with Gasteiger partial charge in [0.15, 0.2) is 0 Å². The maximum Gasteiger partial charge on any atom is 0.333 e. The lowest BCUT2D eigenvalue weighted by Gasteiger charge is -2.40. The fraction of sp³-hybridized carbons (Fsp3) is 0.282. The van der Waals surface area contributed by atoms with Gasteiger partial charge in [-0.05, 0) is 58.7 Å². The quantitative estimate of drug-likeness (QED) is 0.174. The predicted octanol–water partition coefficient (Wildman–Crippen LogP) is 4.24. The van der Waals surface area contributed by atoms with Crippen LogP contribution in [0.5, 0.6) is 17.2 Å². The van der Waals surface area contributed by atoms with Gasteiger partial charge in [0.05, 0.1) is 53.4 Å². The number of nitrogens with zero attached hydrogens (tertiary/aromatic N) is 2. The van der Waals surface area contributed by atoms with Gasteiger partial charge >= 0.3 is 5.69 Å². The number of halogens is 1. The molecule has 3 atom stereocenters. The third kappa shape index (κ3) is 6.78. The third-order valence-corrected chi connectivity index (χ3v) is 9.34. The standard InChI is InChI=1S/C39H39FN2O9/c1-47-30-15-9-26(10-16-30)22-42-36(45)33(40)23-41(37(42)46)35-21-34(44)38(24-43,51-35)25-50-39(27-7-5-4-6-8-27,28-11-17-31(48-2)18-12-28)29-13-19-32(49-3)20-14-29/h4-20,23,34-35,43-44H,21-22,24-25H2,1-3H3/t34-,35+,38-/m0/s1.